The molecule has 3 aliphatic heterocycles. The van der Waals surface area contributed by atoms with Crippen LogP contribution in [-0.4, -0.2) is 42.4 Å². The lowest BCUT2D eigenvalue weighted by atomic mass is 9.56. The minimum atomic E-state index is -1.45. The molecule has 4 aliphatic rings. The third kappa shape index (κ3) is 1.62. The largest absolute Gasteiger partial charge is 0.457 e. The summed E-state index contributed by atoms with van der Waals surface area (Å²) in [6.45, 7) is 6.87. The predicted octanol–water partition coefficient (Wildman–Crippen LogP) is 0.632. The smallest absolute Gasteiger partial charge is 0.351 e. The number of ether oxygens (including phenoxy) is 4. The van der Waals surface area contributed by atoms with Gasteiger partial charge in [-0.05, 0) is 17.1 Å². The van der Waals surface area contributed by atoms with E-state index in [1.54, 1.807) is 6.08 Å². The van der Waals surface area contributed by atoms with Crippen LogP contribution < -0.4 is 0 Å². The van der Waals surface area contributed by atoms with Gasteiger partial charge < -0.3 is 18.9 Å². The van der Waals surface area contributed by atoms with E-state index in [-0.39, 0.29) is 6.42 Å². The SMILES string of the molecule is CC(=O)OC1C(=O)O[C@H]2OC(=O)[C@]34CC(=O)O[C@H]3C=C(C(C)(C)C)C124. The third-order valence-electron chi connectivity index (χ3n) is 5.56. The Balaban J connectivity index is 2.01. The predicted molar refractivity (Wildman–Crippen MR) is 78.4 cm³/mol. The van der Waals surface area contributed by atoms with Crippen LogP contribution in [0.4, 0.5) is 0 Å². The number of hydrogen-bond donors (Lipinski definition) is 0. The van der Waals surface area contributed by atoms with Gasteiger partial charge in [-0.15, -0.1) is 0 Å². The molecule has 0 N–H and O–H groups in total. The maximum atomic E-state index is 12.8. The number of carbonyl (C=O) groups is 4. The van der Waals surface area contributed by atoms with Crippen LogP contribution >= 0.6 is 0 Å². The van der Waals surface area contributed by atoms with E-state index in [0.29, 0.717) is 5.57 Å². The van der Waals surface area contributed by atoms with E-state index in [9.17, 15) is 19.2 Å². The van der Waals surface area contributed by atoms with Crippen LogP contribution in [0, 0.1) is 16.2 Å². The monoisotopic (exact) mass is 350 g/mol. The van der Waals surface area contributed by atoms with E-state index in [1.165, 1.54) is 6.92 Å². The van der Waals surface area contributed by atoms with Crippen LogP contribution in [0.1, 0.15) is 34.1 Å². The lowest BCUT2D eigenvalue weighted by molar-refractivity contribution is -0.176. The van der Waals surface area contributed by atoms with Gasteiger partial charge in [0.25, 0.3) is 6.29 Å². The van der Waals surface area contributed by atoms with Crippen molar-refractivity contribution in [1.82, 2.24) is 0 Å². The van der Waals surface area contributed by atoms with E-state index in [1.807, 2.05) is 20.8 Å². The van der Waals surface area contributed by atoms with Crippen LogP contribution in [0.2, 0.25) is 0 Å². The van der Waals surface area contributed by atoms with Gasteiger partial charge in [-0.2, -0.15) is 0 Å². The van der Waals surface area contributed by atoms with Crippen molar-refractivity contribution >= 4 is 23.9 Å². The van der Waals surface area contributed by atoms with Crippen molar-refractivity contribution in [2.75, 3.05) is 0 Å². The highest BCUT2D eigenvalue weighted by Crippen LogP contribution is 2.72. The second-order valence-corrected chi connectivity index (χ2v) is 7.92. The molecule has 0 aromatic rings. The summed E-state index contributed by atoms with van der Waals surface area (Å²) in [5.41, 5.74) is -2.71. The maximum absolute atomic E-state index is 12.8. The fourth-order valence-electron chi connectivity index (χ4n) is 4.84. The highest BCUT2D eigenvalue weighted by molar-refractivity contribution is 5.96. The zero-order valence-electron chi connectivity index (χ0n) is 14.3. The lowest BCUT2D eigenvalue weighted by Crippen LogP contribution is -2.55. The summed E-state index contributed by atoms with van der Waals surface area (Å²) in [6.07, 6.45) is -2.05. The fourth-order valence-corrected chi connectivity index (χ4v) is 4.84. The average Bonchev–Trinajstić information content (AvgIpc) is 3.07. The first-order valence-corrected chi connectivity index (χ1v) is 8.06. The maximum Gasteiger partial charge on any atom is 0.351 e. The topological polar surface area (TPSA) is 105 Å². The van der Waals surface area contributed by atoms with Crippen LogP contribution in [-0.2, 0) is 38.1 Å². The highest BCUT2D eigenvalue weighted by Gasteiger charge is 2.87. The third-order valence-corrected chi connectivity index (χ3v) is 5.56. The molecular weight excluding hydrogens is 332 g/mol. The number of carbonyl (C=O) groups excluding carboxylic acids is 4. The van der Waals surface area contributed by atoms with Crippen molar-refractivity contribution in [2.24, 2.45) is 16.2 Å². The van der Waals surface area contributed by atoms with Gasteiger partial charge in [-0.3, -0.25) is 14.4 Å². The van der Waals surface area contributed by atoms with Gasteiger partial charge in [0.15, 0.2) is 0 Å². The molecule has 25 heavy (non-hydrogen) atoms. The Morgan fingerprint density at radius 1 is 1.20 bits per heavy atom. The standard InChI is InChI=1S/C17H18O8/c1-7(18)22-11-12(20)24-14-17(11)8(15(2,3)4)5-9-16(17,13(21)25-14)6-10(19)23-9/h5,9,11,14H,6H2,1-4H3/t9-,11?,14-,16-,17?/m0/s1. The van der Waals surface area contributed by atoms with Crippen LogP contribution in [0.15, 0.2) is 11.6 Å². The van der Waals surface area contributed by atoms with Crippen molar-refractivity contribution < 1.29 is 38.1 Å². The quantitative estimate of drug-likeness (QED) is 0.385. The first kappa shape index (κ1) is 16.1. The first-order valence-electron chi connectivity index (χ1n) is 8.06. The molecule has 4 rings (SSSR count). The van der Waals surface area contributed by atoms with Gasteiger partial charge in [0.2, 0.25) is 6.10 Å². The Morgan fingerprint density at radius 2 is 1.88 bits per heavy atom. The zero-order valence-corrected chi connectivity index (χ0v) is 14.3. The van der Waals surface area contributed by atoms with E-state index >= 15 is 0 Å². The molecule has 0 amide bonds. The minimum absolute atomic E-state index is 0.252. The van der Waals surface area contributed by atoms with Gasteiger partial charge in [0.05, 0.1) is 6.42 Å². The van der Waals surface area contributed by atoms with Crippen molar-refractivity contribution in [3.63, 3.8) is 0 Å². The van der Waals surface area contributed by atoms with E-state index in [2.05, 4.69) is 0 Å². The molecule has 0 aromatic carbocycles. The second-order valence-electron chi connectivity index (χ2n) is 7.92. The van der Waals surface area contributed by atoms with Gasteiger partial charge >= 0.3 is 23.9 Å². The first-order chi connectivity index (χ1) is 11.5. The summed E-state index contributed by atoms with van der Waals surface area (Å²) in [7, 11) is 0. The zero-order chi connectivity index (χ0) is 18.4. The molecule has 8 nitrogen and oxygen atoms in total. The summed E-state index contributed by atoms with van der Waals surface area (Å²) in [5, 5.41) is 0. The molecule has 0 saturated carbocycles. The second kappa shape index (κ2) is 4.42. The van der Waals surface area contributed by atoms with Crippen LogP contribution in [0.3, 0.4) is 0 Å². The highest BCUT2D eigenvalue weighted by atomic mass is 16.7. The Morgan fingerprint density at radius 3 is 2.48 bits per heavy atom. The lowest BCUT2D eigenvalue weighted by Gasteiger charge is -2.41. The summed E-state index contributed by atoms with van der Waals surface area (Å²) >= 11 is 0. The molecular formula is C17H18O8. The average molecular weight is 350 g/mol. The Bertz CT molecular complexity index is 759. The molecule has 134 valence electrons. The van der Waals surface area contributed by atoms with Crippen molar-refractivity contribution in [2.45, 2.75) is 52.6 Å². The number of esters is 4. The minimum Gasteiger partial charge on any atom is -0.457 e. The van der Waals surface area contributed by atoms with Crippen LogP contribution in [0.5, 0.6) is 0 Å². The van der Waals surface area contributed by atoms with E-state index in [4.69, 9.17) is 18.9 Å². The van der Waals surface area contributed by atoms with Crippen molar-refractivity contribution in [3.8, 4) is 0 Å². The van der Waals surface area contributed by atoms with Crippen molar-refractivity contribution in [1.29, 1.82) is 0 Å². The van der Waals surface area contributed by atoms with Gasteiger partial charge in [-0.25, -0.2) is 4.79 Å². The number of rotatable bonds is 1. The Kier molecular flexibility index (Phi) is 2.85. The molecule has 3 heterocycles. The molecule has 8 heteroatoms. The van der Waals surface area contributed by atoms with Gasteiger partial charge in [0, 0.05) is 6.92 Å². The van der Waals surface area contributed by atoms with E-state index in [0.717, 1.165) is 0 Å². The van der Waals surface area contributed by atoms with Gasteiger partial charge in [-0.1, -0.05) is 20.8 Å². The summed E-state index contributed by atoms with van der Waals surface area (Å²) < 4.78 is 21.3. The molecule has 2 spiro atoms. The molecule has 3 saturated heterocycles. The normalized spacial score (nSPS) is 41.4. The molecule has 0 bridgehead atoms. The van der Waals surface area contributed by atoms with Gasteiger partial charge in [0.1, 0.15) is 16.9 Å². The molecule has 5 atom stereocenters. The summed E-state index contributed by atoms with van der Waals surface area (Å²) in [6, 6.07) is 0. The fraction of sp³-hybridized carbons (Fsp3) is 0.647. The summed E-state index contributed by atoms with van der Waals surface area (Å²) in [4.78, 5) is 48.9. The number of hydrogen-bond acceptors (Lipinski definition) is 8. The Labute approximate surface area is 143 Å². The van der Waals surface area contributed by atoms with Crippen molar-refractivity contribution in [3.05, 3.63) is 11.6 Å². The molecule has 2 unspecified atom stereocenters. The van der Waals surface area contributed by atoms with Crippen LogP contribution in [0.25, 0.3) is 0 Å². The summed E-state index contributed by atoms with van der Waals surface area (Å²) in [5.74, 6) is -2.71. The molecule has 0 aromatic heterocycles. The van der Waals surface area contributed by atoms with E-state index < -0.39 is 58.6 Å². The Hall–Kier alpha value is -2.38. The molecule has 3 fully saturated rings. The molecule has 0 radical (unpaired) electrons. The molecule has 1 aliphatic carbocycles.